The highest BCUT2D eigenvalue weighted by molar-refractivity contribution is 6.06. The molecule has 1 aromatic carbocycles. The molecular formula is C17H24ClN3O. The lowest BCUT2D eigenvalue weighted by atomic mass is 9.86. The lowest BCUT2D eigenvalue weighted by Crippen LogP contribution is -2.48. The second kappa shape index (κ2) is 7.07. The minimum absolute atomic E-state index is 0. The summed E-state index contributed by atoms with van der Waals surface area (Å²) >= 11 is 0. The van der Waals surface area contributed by atoms with Crippen LogP contribution in [-0.2, 0) is 0 Å². The van der Waals surface area contributed by atoms with Gasteiger partial charge in [-0.05, 0) is 24.5 Å². The maximum atomic E-state index is 12.6. The van der Waals surface area contributed by atoms with Gasteiger partial charge in [0.25, 0.3) is 5.91 Å². The van der Waals surface area contributed by atoms with E-state index in [-0.39, 0.29) is 29.8 Å². The van der Waals surface area contributed by atoms with Crippen LogP contribution in [0, 0.1) is 12.3 Å². The quantitative estimate of drug-likeness (QED) is 0.913. The largest absolute Gasteiger partial charge is 0.347 e. The van der Waals surface area contributed by atoms with Gasteiger partial charge in [-0.2, -0.15) is 0 Å². The third-order valence-corrected chi connectivity index (χ3v) is 3.68. The topological polar surface area (TPSA) is 68.0 Å². The normalized spacial score (nSPS) is 12.6. The minimum atomic E-state index is -0.0953. The fraction of sp³-hybridized carbons (Fsp3) is 0.412. The summed E-state index contributed by atoms with van der Waals surface area (Å²) in [5.41, 5.74) is 8.04. The highest BCUT2D eigenvalue weighted by Crippen LogP contribution is 2.21. The second-order valence-electron chi connectivity index (χ2n) is 6.46. The van der Waals surface area contributed by atoms with Crippen LogP contribution in [0.3, 0.4) is 0 Å². The summed E-state index contributed by atoms with van der Waals surface area (Å²) in [7, 11) is 0. The first-order valence-corrected chi connectivity index (χ1v) is 7.20. The van der Waals surface area contributed by atoms with Crippen molar-refractivity contribution in [1.82, 2.24) is 10.3 Å². The molecule has 1 amide bonds. The van der Waals surface area contributed by atoms with E-state index in [1.807, 2.05) is 37.3 Å². The Morgan fingerprint density at radius 3 is 2.55 bits per heavy atom. The molecule has 2 aromatic rings. The Bertz CT molecular complexity index is 664. The van der Waals surface area contributed by atoms with Crippen LogP contribution in [0.15, 0.2) is 30.3 Å². The van der Waals surface area contributed by atoms with E-state index in [0.717, 1.165) is 16.6 Å². The number of halogens is 1. The SMILES string of the molecule is Cc1cc(C(=O)NC(CN)C(C)(C)C)c2ccccc2n1.Cl. The zero-order valence-electron chi connectivity index (χ0n) is 13.5. The Labute approximate surface area is 137 Å². The van der Waals surface area contributed by atoms with Gasteiger partial charge in [0.2, 0.25) is 0 Å². The van der Waals surface area contributed by atoms with Crippen LogP contribution in [0.1, 0.15) is 36.8 Å². The van der Waals surface area contributed by atoms with Crippen LogP contribution in [-0.4, -0.2) is 23.5 Å². The molecule has 1 atom stereocenters. The molecule has 3 N–H and O–H groups in total. The Balaban J connectivity index is 0.00000242. The summed E-state index contributed by atoms with van der Waals surface area (Å²) in [4.78, 5) is 17.1. The number of hydrogen-bond acceptors (Lipinski definition) is 3. The van der Waals surface area contributed by atoms with Crippen molar-refractivity contribution < 1.29 is 4.79 Å². The summed E-state index contributed by atoms with van der Waals surface area (Å²) in [6, 6.07) is 9.44. The maximum Gasteiger partial charge on any atom is 0.252 e. The van der Waals surface area contributed by atoms with Gasteiger partial charge in [0.05, 0.1) is 11.1 Å². The number of benzene rings is 1. The smallest absolute Gasteiger partial charge is 0.252 e. The van der Waals surface area contributed by atoms with Gasteiger partial charge in [0, 0.05) is 23.7 Å². The molecule has 0 bridgehead atoms. The molecule has 4 nitrogen and oxygen atoms in total. The lowest BCUT2D eigenvalue weighted by Gasteiger charge is -2.30. The molecule has 0 saturated carbocycles. The van der Waals surface area contributed by atoms with E-state index in [1.165, 1.54) is 0 Å². The second-order valence-corrected chi connectivity index (χ2v) is 6.46. The first-order valence-electron chi connectivity index (χ1n) is 7.20. The van der Waals surface area contributed by atoms with E-state index < -0.39 is 0 Å². The van der Waals surface area contributed by atoms with Crippen LogP contribution >= 0.6 is 12.4 Å². The first-order chi connectivity index (χ1) is 9.82. The summed E-state index contributed by atoms with van der Waals surface area (Å²) in [6.45, 7) is 8.52. The van der Waals surface area contributed by atoms with Gasteiger partial charge in [0.1, 0.15) is 0 Å². The number of aromatic nitrogens is 1. The number of nitrogens with zero attached hydrogens (tertiary/aromatic N) is 1. The van der Waals surface area contributed by atoms with Gasteiger partial charge in [-0.3, -0.25) is 9.78 Å². The van der Waals surface area contributed by atoms with E-state index in [2.05, 4.69) is 31.1 Å². The van der Waals surface area contributed by atoms with Gasteiger partial charge in [-0.25, -0.2) is 0 Å². The highest BCUT2D eigenvalue weighted by Gasteiger charge is 2.25. The number of aryl methyl sites for hydroxylation is 1. The zero-order valence-corrected chi connectivity index (χ0v) is 14.3. The molecular weight excluding hydrogens is 298 g/mol. The average Bonchev–Trinajstić information content (AvgIpc) is 2.42. The Morgan fingerprint density at radius 2 is 1.95 bits per heavy atom. The number of fused-ring (bicyclic) bond motifs is 1. The van der Waals surface area contributed by atoms with E-state index >= 15 is 0 Å². The van der Waals surface area contributed by atoms with Crippen molar-refractivity contribution in [3.8, 4) is 0 Å². The van der Waals surface area contributed by atoms with Gasteiger partial charge in [-0.1, -0.05) is 39.0 Å². The number of amides is 1. The number of nitrogens with two attached hydrogens (primary N) is 1. The molecule has 0 aliphatic rings. The lowest BCUT2D eigenvalue weighted by molar-refractivity contribution is 0.0907. The molecule has 0 fully saturated rings. The van der Waals surface area contributed by atoms with Crippen molar-refractivity contribution in [1.29, 1.82) is 0 Å². The summed E-state index contributed by atoms with van der Waals surface area (Å²) in [5.74, 6) is -0.0953. The Hall–Kier alpha value is -1.65. The molecule has 2 rings (SSSR count). The van der Waals surface area contributed by atoms with E-state index in [9.17, 15) is 4.79 Å². The van der Waals surface area contributed by atoms with Crippen molar-refractivity contribution in [3.63, 3.8) is 0 Å². The molecule has 5 heteroatoms. The molecule has 22 heavy (non-hydrogen) atoms. The molecule has 1 unspecified atom stereocenters. The molecule has 0 spiro atoms. The zero-order chi connectivity index (χ0) is 15.6. The first kappa shape index (κ1) is 18.4. The number of para-hydroxylation sites is 1. The van der Waals surface area contributed by atoms with Crippen LogP contribution in [0.2, 0.25) is 0 Å². The van der Waals surface area contributed by atoms with Crippen LogP contribution in [0.4, 0.5) is 0 Å². The third-order valence-electron chi connectivity index (χ3n) is 3.68. The monoisotopic (exact) mass is 321 g/mol. The standard InChI is InChI=1S/C17H23N3O.ClH/c1-11-9-13(12-7-5-6-8-14(12)19-11)16(21)20-15(10-18)17(2,3)4;/h5-9,15H,10,18H2,1-4H3,(H,20,21);1H. The van der Waals surface area contributed by atoms with Gasteiger partial charge < -0.3 is 11.1 Å². The molecule has 0 saturated heterocycles. The van der Waals surface area contributed by atoms with E-state index in [0.29, 0.717) is 12.1 Å². The van der Waals surface area contributed by atoms with Crippen molar-refractivity contribution in [2.75, 3.05) is 6.54 Å². The average molecular weight is 322 g/mol. The molecule has 0 radical (unpaired) electrons. The highest BCUT2D eigenvalue weighted by atomic mass is 35.5. The van der Waals surface area contributed by atoms with Gasteiger partial charge in [0.15, 0.2) is 0 Å². The number of rotatable bonds is 3. The number of carbonyl (C=O) groups excluding carboxylic acids is 1. The molecule has 1 heterocycles. The summed E-state index contributed by atoms with van der Waals surface area (Å²) in [6.07, 6.45) is 0. The number of hydrogen-bond donors (Lipinski definition) is 2. The van der Waals surface area contributed by atoms with E-state index in [4.69, 9.17) is 5.73 Å². The minimum Gasteiger partial charge on any atom is -0.347 e. The number of carbonyl (C=O) groups is 1. The van der Waals surface area contributed by atoms with Crippen LogP contribution in [0.25, 0.3) is 10.9 Å². The Kier molecular flexibility index (Phi) is 5.92. The Morgan fingerprint density at radius 1 is 1.32 bits per heavy atom. The molecule has 0 aliphatic heterocycles. The molecule has 120 valence electrons. The predicted octanol–water partition coefficient (Wildman–Crippen LogP) is 3.07. The van der Waals surface area contributed by atoms with Gasteiger partial charge in [-0.15, -0.1) is 12.4 Å². The molecule has 0 aliphatic carbocycles. The predicted molar refractivity (Wildman–Crippen MR) is 93.5 cm³/mol. The van der Waals surface area contributed by atoms with Crippen LogP contribution < -0.4 is 11.1 Å². The van der Waals surface area contributed by atoms with Crippen molar-refractivity contribution in [2.24, 2.45) is 11.1 Å². The van der Waals surface area contributed by atoms with E-state index in [1.54, 1.807) is 0 Å². The number of nitrogens with one attached hydrogen (secondary N) is 1. The van der Waals surface area contributed by atoms with Crippen molar-refractivity contribution >= 4 is 29.2 Å². The molecule has 1 aromatic heterocycles. The number of pyridine rings is 1. The van der Waals surface area contributed by atoms with Gasteiger partial charge >= 0.3 is 0 Å². The fourth-order valence-electron chi connectivity index (χ4n) is 2.36. The van der Waals surface area contributed by atoms with Crippen LogP contribution in [0.5, 0.6) is 0 Å². The summed E-state index contributed by atoms with van der Waals surface area (Å²) in [5, 5.41) is 3.92. The summed E-state index contributed by atoms with van der Waals surface area (Å²) < 4.78 is 0. The third kappa shape index (κ3) is 3.96. The van der Waals surface area contributed by atoms with Crippen molar-refractivity contribution in [2.45, 2.75) is 33.7 Å². The maximum absolute atomic E-state index is 12.6. The van der Waals surface area contributed by atoms with Crippen molar-refractivity contribution in [3.05, 3.63) is 41.6 Å². The fourth-order valence-corrected chi connectivity index (χ4v) is 2.36.